The van der Waals surface area contributed by atoms with Gasteiger partial charge in [0, 0.05) is 23.4 Å². The van der Waals surface area contributed by atoms with Crippen molar-refractivity contribution in [3.63, 3.8) is 0 Å². The van der Waals surface area contributed by atoms with Crippen LogP contribution in [0.4, 0.5) is 0 Å². The summed E-state index contributed by atoms with van der Waals surface area (Å²) in [4.78, 5) is 4.38. The first-order chi connectivity index (χ1) is 8.83. The predicted molar refractivity (Wildman–Crippen MR) is 69.9 cm³/mol. The van der Waals surface area contributed by atoms with Crippen molar-refractivity contribution in [2.45, 2.75) is 6.92 Å². The number of pyridine rings is 1. The molecule has 3 rings (SSSR count). The fourth-order valence-electron chi connectivity index (χ4n) is 1.86. The highest BCUT2D eigenvalue weighted by Crippen LogP contribution is 2.23. The van der Waals surface area contributed by atoms with Gasteiger partial charge in [-0.3, -0.25) is 4.98 Å². The molecule has 0 radical (unpaired) electrons. The number of hydrogen-bond acceptors (Lipinski definition) is 3. The predicted octanol–water partition coefficient (Wildman–Crippen LogP) is 3.71. The summed E-state index contributed by atoms with van der Waals surface area (Å²) in [5, 5.41) is 4.02. The first kappa shape index (κ1) is 10.7. The van der Waals surface area contributed by atoms with E-state index in [1.165, 1.54) is 0 Å². The Morgan fingerprint density at radius 3 is 2.44 bits per heavy atom. The molecule has 0 amide bonds. The highest BCUT2D eigenvalue weighted by Gasteiger charge is 2.06. The van der Waals surface area contributed by atoms with Gasteiger partial charge < -0.3 is 4.52 Å². The number of aromatic nitrogens is 2. The fraction of sp³-hybridized carbons (Fsp3) is 0.0667. The molecule has 0 spiro atoms. The molecule has 0 fully saturated rings. The maximum absolute atomic E-state index is 5.09. The highest BCUT2D eigenvalue weighted by molar-refractivity contribution is 5.67. The molecule has 0 atom stereocenters. The second-order valence-electron chi connectivity index (χ2n) is 4.12. The van der Waals surface area contributed by atoms with Crippen molar-refractivity contribution in [2.75, 3.05) is 0 Å². The van der Waals surface area contributed by atoms with E-state index >= 15 is 0 Å². The fourth-order valence-corrected chi connectivity index (χ4v) is 1.86. The minimum Gasteiger partial charge on any atom is -0.361 e. The van der Waals surface area contributed by atoms with E-state index in [1.807, 2.05) is 55.5 Å². The van der Waals surface area contributed by atoms with Crippen LogP contribution < -0.4 is 0 Å². The van der Waals surface area contributed by atoms with Crippen LogP contribution in [0.25, 0.3) is 22.5 Å². The Kier molecular flexibility index (Phi) is 2.65. The third-order valence-electron chi connectivity index (χ3n) is 2.75. The zero-order valence-electron chi connectivity index (χ0n) is 10.00. The molecule has 2 aromatic heterocycles. The lowest BCUT2D eigenvalue weighted by atomic mass is 10.1. The Morgan fingerprint density at radius 1 is 0.889 bits per heavy atom. The zero-order valence-corrected chi connectivity index (χ0v) is 10.00. The summed E-state index contributed by atoms with van der Waals surface area (Å²) < 4.78 is 5.09. The van der Waals surface area contributed by atoms with Crippen molar-refractivity contribution in [2.24, 2.45) is 0 Å². The minimum absolute atomic E-state index is 0.808. The van der Waals surface area contributed by atoms with Crippen LogP contribution in [0, 0.1) is 6.92 Å². The average Bonchev–Trinajstić information content (AvgIpc) is 2.87. The van der Waals surface area contributed by atoms with Gasteiger partial charge in [0.15, 0.2) is 0 Å². The van der Waals surface area contributed by atoms with E-state index in [0.29, 0.717) is 0 Å². The van der Waals surface area contributed by atoms with Crippen molar-refractivity contribution >= 4 is 0 Å². The molecule has 0 bridgehead atoms. The lowest BCUT2D eigenvalue weighted by molar-refractivity contribution is 0.399. The van der Waals surface area contributed by atoms with Crippen LogP contribution in [-0.4, -0.2) is 10.1 Å². The van der Waals surface area contributed by atoms with Gasteiger partial charge in [-0.25, -0.2) is 0 Å². The van der Waals surface area contributed by atoms with Crippen molar-refractivity contribution in [1.82, 2.24) is 10.1 Å². The molecule has 0 aliphatic carbocycles. The van der Waals surface area contributed by atoms with Crippen LogP contribution in [0.2, 0.25) is 0 Å². The van der Waals surface area contributed by atoms with Gasteiger partial charge in [-0.05, 0) is 19.1 Å². The van der Waals surface area contributed by atoms with Crippen LogP contribution in [-0.2, 0) is 0 Å². The van der Waals surface area contributed by atoms with Gasteiger partial charge in [-0.2, -0.15) is 0 Å². The van der Waals surface area contributed by atoms with Gasteiger partial charge in [-0.1, -0.05) is 35.5 Å². The third kappa shape index (κ3) is 2.02. The van der Waals surface area contributed by atoms with Gasteiger partial charge in [-0.15, -0.1) is 0 Å². The van der Waals surface area contributed by atoms with Crippen molar-refractivity contribution < 1.29 is 4.52 Å². The molecule has 0 aliphatic rings. The van der Waals surface area contributed by atoms with Crippen LogP contribution in [0.1, 0.15) is 5.76 Å². The van der Waals surface area contributed by atoms with E-state index in [1.54, 1.807) is 6.20 Å². The molecule has 1 aromatic carbocycles. The monoisotopic (exact) mass is 236 g/mol. The van der Waals surface area contributed by atoms with Gasteiger partial charge in [0.1, 0.15) is 11.5 Å². The number of aryl methyl sites for hydroxylation is 1. The molecule has 3 heteroatoms. The first-order valence-corrected chi connectivity index (χ1v) is 5.78. The molecule has 3 nitrogen and oxygen atoms in total. The molecule has 0 N–H and O–H groups in total. The molecular weight excluding hydrogens is 224 g/mol. The SMILES string of the molecule is Cc1cc(-c2ccnc(-c3ccccc3)c2)no1. The Morgan fingerprint density at radius 2 is 1.72 bits per heavy atom. The molecule has 0 saturated heterocycles. The van der Waals surface area contributed by atoms with Crippen molar-refractivity contribution in [3.8, 4) is 22.5 Å². The number of benzene rings is 1. The van der Waals surface area contributed by atoms with Gasteiger partial charge in [0.05, 0.1) is 5.69 Å². The summed E-state index contributed by atoms with van der Waals surface area (Å²) in [6.45, 7) is 1.88. The first-order valence-electron chi connectivity index (χ1n) is 5.78. The largest absolute Gasteiger partial charge is 0.361 e. The summed E-state index contributed by atoms with van der Waals surface area (Å²) >= 11 is 0. The molecule has 18 heavy (non-hydrogen) atoms. The summed E-state index contributed by atoms with van der Waals surface area (Å²) in [6, 6.07) is 16.0. The van der Waals surface area contributed by atoms with Crippen molar-refractivity contribution in [3.05, 3.63) is 60.5 Å². The molecule has 0 saturated carbocycles. The van der Waals surface area contributed by atoms with Crippen LogP contribution in [0.15, 0.2) is 59.3 Å². The normalized spacial score (nSPS) is 10.5. The number of nitrogens with zero attached hydrogens (tertiary/aromatic N) is 2. The Bertz CT molecular complexity index is 659. The summed E-state index contributed by atoms with van der Waals surface area (Å²) in [5.41, 5.74) is 3.89. The Balaban J connectivity index is 2.05. The lowest BCUT2D eigenvalue weighted by Gasteiger charge is -2.02. The van der Waals surface area contributed by atoms with Gasteiger partial charge in [0.25, 0.3) is 0 Å². The maximum atomic E-state index is 5.09. The second kappa shape index (κ2) is 4.45. The summed E-state index contributed by atoms with van der Waals surface area (Å²) in [7, 11) is 0. The van der Waals surface area contributed by atoms with E-state index in [4.69, 9.17) is 4.52 Å². The number of rotatable bonds is 2. The summed E-state index contributed by atoms with van der Waals surface area (Å²) in [5.74, 6) is 0.808. The molecular formula is C15H12N2O. The molecule has 2 heterocycles. The van der Waals surface area contributed by atoms with E-state index in [2.05, 4.69) is 10.1 Å². The van der Waals surface area contributed by atoms with E-state index in [9.17, 15) is 0 Å². The van der Waals surface area contributed by atoms with E-state index in [0.717, 1.165) is 28.3 Å². The van der Waals surface area contributed by atoms with Gasteiger partial charge in [0.2, 0.25) is 0 Å². The molecule has 0 unspecified atom stereocenters. The Labute approximate surface area is 105 Å². The second-order valence-corrected chi connectivity index (χ2v) is 4.12. The molecule has 88 valence electrons. The molecule has 0 aliphatic heterocycles. The van der Waals surface area contributed by atoms with Gasteiger partial charge >= 0.3 is 0 Å². The minimum atomic E-state index is 0.808. The Hall–Kier alpha value is -2.42. The standard InChI is InChI=1S/C15H12N2O/c1-11-9-15(17-18-11)13-7-8-16-14(10-13)12-5-3-2-4-6-12/h2-10H,1H3. The van der Waals surface area contributed by atoms with Crippen LogP contribution in [0.5, 0.6) is 0 Å². The average molecular weight is 236 g/mol. The van der Waals surface area contributed by atoms with Crippen LogP contribution >= 0.6 is 0 Å². The zero-order chi connectivity index (χ0) is 12.4. The highest BCUT2D eigenvalue weighted by atomic mass is 16.5. The quantitative estimate of drug-likeness (QED) is 0.680. The smallest absolute Gasteiger partial charge is 0.134 e. The topological polar surface area (TPSA) is 38.9 Å². The third-order valence-corrected chi connectivity index (χ3v) is 2.75. The van der Waals surface area contributed by atoms with E-state index in [-0.39, 0.29) is 0 Å². The summed E-state index contributed by atoms with van der Waals surface area (Å²) in [6.07, 6.45) is 1.79. The lowest BCUT2D eigenvalue weighted by Crippen LogP contribution is -1.84. The van der Waals surface area contributed by atoms with Crippen molar-refractivity contribution in [1.29, 1.82) is 0 Å². The number of hydrogen-bond donors (Lipinski definition) is 0. The maximum Gasteiger partial charge on any atom is 0.134 e. The van der Waals surface area contributed by atoms with E-state index < -0.39 is 0 Å². The molecule has 3 aromatic rings. The van der Waals surface area contributed by atoms with Crippen LogP contribution in [0.3, 0.4) is 0 Å².